The molecule has 1 aliphatic heterocycles. The highest BCUT2D eigenvalue weighted by molar-refractivity contribution is 14.0. The van der Waals surface area contributed by atoms with E-state index in [1.54, 1.807) is 7.05 Å². The molecule has 1 aromatic carbocycles. The Labute approximate surface area is 140 Å². The number of hydrogen-bond donors (Lipinski definition) is 2. The average Bonchev–Trinajstić information content (AvgIpc) is 2.85. The van der Waals surface area contributed by atoms with Crippen molar-refractivity contribution < 1.29 is 0 Å². The number of nitrogens with zero attached hydrogens (tertiary/aromatic N) is 2. The van der Waals surface area contributed by atoms with E-state index in [-0.39, 0.29) is 24.0 Å². The Kier molecular flexibility index (Phi) is 6.92. The first kappa shape index (κ1) is 16.6. The highest BCUT2D eigenvalue weighted by Gasteiger charge is 2.23. The highest BCUT2D eigenvalue weighted by atomic mass is 127. The Morgan fingerprint density at radius 3 is 2.63 bits per heavy atom. The van der Waals surface area contributed by atoms with Gasteiger partial charge in [-0.3, -0.25) is 4.99 Å². The maximum atomic E-state index is 4.15. The fourth-order valence-corrected chi connectivity index (χ4v) is 2.47. The van der Waals surface area contributed by atoms with Crippen LogP contribution in [0.1, 0.15) is 6.42 Å². The molecule has 1 atom stereocenters. The summed E-state index contributed by atoms with van der Waals surface area (Å²) in [6.07, 6.45) is 1.14. The molecule has 2 N–H and O–H groups in total. The lowest BCUT2D eigenvalue weighted by atomic mass is 10.3. The number of anilines is 1. The fraction of sp³-hybridized carbons (Fsp3) is 0.462. The minimum Gasteiger partial charge on any atom is -0.369 e. The maximum Gasteiger partial charge on any atom is 0.190 e. The summed E-state index contributed by atoms with van der Waals surface area (Å²) in [5, 5.41) is 6.47. The van der Waals surface area contributed by atoms with Crippen molar-refractivity contribution in [1.82, 2.24) is 10.6 Å². The number of benzene rings is 1. The first-order valence-electron chi connectivity index (χ1n) is 6.14. The molecule has 1 fully saturated rings. The van der Waals surface area contributed by atoms with E-state index in [2.05, 4.69) is 60.7 Å². The van der Waals surface area contributed by atoms with E-state index in [0.29, 0.717) is 6.04 Å². The molecule has 0 bridgehead atoms. The highest BCUT2D eigenvalue weighted by Crippen LogP contribution is 2.22. The molecule has 1 unspecified atom stereocenters. The molecule has 6 heteroatoms. The second-order valence-electron chi connectivity index (χ2n) is 4.37. The van der Waals surface area contributed by atoms with Gasteiger partial charge in [0.05, 0.1) is 0 Å². The summed E-state index contributed by atoms with van der Waals surface area (Å²) in [6, 6.07) is 8.93. The van der Waals surface area contributed by atoms with Crippen LogP contribution in [-0.2, 0) is 0 Å². The van der Waals surface area contributed by atoms with E-state index in [9.17, 15) is 0 Å². The van der Waals surface area contributed by atoms with Crippen molar-refractivity contribution in [1.29, 1.82) is 0 Å². The summed E-state index contributed by atoms with van der Waals surface area (Å²) < 4.78 is 1.12. The first-order valence-corrected chi connectivity index (χ1v) is 6.94. The van der Waals surface area contributed by atoms with Gasteiger partial charge in [-0.1, -0.05) is 15.9 Å². The van der Waals surface area contributed by atoms with E-state index in [1.165, 1.54) is 5.69 Å². The van der Waals surface area contributed by atoms with Gasteiger partial charge >= 0.3 is 0 Å². The molecule has 0 amide bonds. The summed E-state index contributed by atoms with van der Waals surface area (Å²) in [5.41, 5.74) is 1.28. The van der Waals surface area contributed by atoms with Crippen LogP contribution in [0.25, 0.3) is 0 Å². The van der Waals surface area contributed by atoms with Crippen LogP contribution in [-0.4, -0.2) is 39.2 Å². The normalized spacial score (nSPS) is 19.0. The van der Waals surface area contributed by atoms with Crippen molar-refractivity contribution in [3.05, 3.63) is 28.7 Å². The largest absolute Gasteiger partial charge is 0.369 e. The smallest absolute Gasteiger partial charge is 0.190 e. The van der Waals surface area contributed by atoms with Gasteiger partial charge in [-0.15, -0.1) is 24.0 Å². The standard InChI is InChI=1S/C13H19BrN4.HI/c1-15-13(16-2)17-11-7-8-18(9-11)12-5-3-10(14)4-6-12;/h3-6,11H,7-9H2,1-2H3,(H2,15,16,17);1H. The van der Waals surface area contributed by atoms with Crippen molar-refractivity contribution in [2.24, 2.45) is 4.99 Å². The van der Waals surface area contributed by atoms with Crippen molar-refractivity contribution in [3.63, 3.8) is 0 Å². The third-order valence-corrected chi connectivity index (χ3v) is 3.71. The van der Waals surface area contributed by atoms with Crippen LogP contribution >= 0.6 is 39.9 Å². The molecular weight excluding hydrogens is 419 g/mol. The van der Waals surface area contributed by atoms with Crippen LogP contribution in [0.15, 0.2) is 33.7 Å². The fourth-order valence-electron chi connectivity index (χ4n) is 2.21. The Morgan fingerprint density at radius 1 is 1.37 bits per heavy atom. The maximum absolute atomic E-state index is 4.15. The predicted molar refractivity (Wildman–Crippen MR) is 95.7 cm³/mol. The molecule has 0 aliphatic carbocycles. The summed E-state index contributed by atoms with van der Waals surface area (Å²) >= 11 is 3.46. The van der Waals surface area contributed by atoms with Crippen LogP contribution in [0.4, 0.5) is 5.69 Å². The van der Waals surface area contributed by atoms with Gasteiger partial charge in [0.1, 0.15) is 0 Å². The quantitative estimate of drug-likeness (QED) is 0.423. The zero-order chi connectivity index (χ0) is 13.0. The summed E-state index contributed by atoms with van der Waals surface area (Å²) in [5.74, 6) is 0.859. The number of guanidine groups is 1. The zero-order valence-electron chi connectivity index (χ0n) is 11.2. The number of aliphatic imine (C=N–C) groups is 1. The van der Waals surface area contributed by atoms with Gasteiger partial charge < -0.3 is 15.5 Å². The van der Waals surface area contributed by atoms with E-state index in [1.807, 2.05) is 7.05 Å². The van der Waals surface area contributed by atoms with Crippen molar-refractivity contribution >= 4 is 51.6 Å². The van der Waals surface area contributed by atoms with Gasteiger partial charge in [0.15, 0.2) is 5.96 Å². The third kappa shape index (κ3) is 4.52. The van der Waals surface area contributed by atoms with Gasteiger partial charge in [-0.25, -0.2) is 0 Å². The lowest BCUT2D eigenvalue weighted by Crippen LogP contribution is -2.43. The second-order valence-corrected chi connectivity index (χ2v) is 5.29. The van der Waals surface area contributed by atoms with Gasteiger partial charge in [-0.2, -0.15) is 0 Å². The molecular formula is C13H20BrIN4. The van der Waals surface area contributed by atoms with Crippen molar-refractivity contribution in [2.75, 3.05) is 32.1 Å². The molecule has 1 heterocycles. The van der Waals surface area contributed by atoms with Crippen LogP contribution in [0, 0.1) is 0 Å². The number of nitrogens with one attached hydrogen (secondary N) is 2. The zero-order valence-corrected chi connectivity index (χ0v) is 15.1. The third-order valence-electron chi connectivity index (χ3n) is 3.18. The number of hydrogen-bond acceptors (Lipinski definition) is 2. The Morgan fingerprint density at radius 2 is 2.05 bits per heavy atom. The van der Waals surface area contributed by atoms with Gasteiger partial charge in [-0.05, 0) is 30.7 Å². The SMILES string of the molecule is CN=C(NC)NC1CCN(c2ccc(Br)cc2)C1.I. The predicted octanol–water partition coefficient (Wildman–Crippen LogP) is 2.44. The molecule has 106 valence electrons. The van der Waals surface area contributed by atoms with Crippen LogP contribution < -0.4 is 15.5 Å². The molecule has 0 aromatic heterocycles. The van der Waals surface area contributed by atoms with E-state index < -0.39 is 0 Å². The van der Waals surface area contributed by atoms with Crippen LogP contribution in [0.5, 0.6) is 0 Å². The molecule has 1 aliphatic rings. The molecule has 1 aromatic rings. The van der Waals surface area contributed by atoms with Gasteiger partial charge in [0.2, 0.25) is 0 Å². The Bertz CT molecular complexity index is 421. The Hall–Kier alpha value is -0.500. The molecule has 0 saturated carbocycles. The summed E-state index contributed by atoms with van der Waals surface area (Å²) in [6.45, 7) is 2.10. The van der Waals surface area contributed by atoms with E-state index in [4.69, 9.17) is 0 Å². The minimum absolute atomic E-state index is 0. The topological polar surface area (TPSA) is 39.7 Å². The lowest BCUT2D eigenvalue weighted by molar-refractivity contribution is 0.657. The monoisotopic (exact) mass is 438 g/mol. The Balaban J connectivity index is 0.00000180. The second kappa shape index (κ2) is 7.94. The number of rotatable bonds is 2. The van der Waals surface area contributed by atoms with Crippen LogP contribution in [0.3, 0.4) is 0 Å². The lowest BCUT2D eigenvalue weighted by Gasteiger charge is -2.20. The van der Waals surface area contributed by atoms with Gasteiger partial charge in [0, 0.05) is 43.4 Å². The van der Waals surface area contributed by atoms with E-state index in [0.717, 1.165) is 29.9 Å². The molecule has 19 heavy (non-hydrogen) atoms. The first-order chi connectivity index (χ1) is 8.72. The summed E-state index contributed by atoms with van der Waals surface area (Å²) in [4.78, 5) is 6.54. The number of halogens is 2. The molecule has 0 radical (unpaired) electrons. The summed E-state index contributed by atoms with van der Waals surface area (Å²) in [7, 11) is 3.68. The molecule has 0 spiro atoms. The molecule has 4 nitrogen and oxygen atoms in total. The molecule has 2 rings (SSSR count). The average molecular weight is 439 g/mol. The van der Waals surface area contributed by atoms with Gasteiger partial charge in [0.25, 0.3) is 0 Å². The van der Waals surface area contributed by atoms with Crippen molar-refractivity contribution in [3.8, 4) is 0 Å². The molecule has 1 saturated heterocycles. The van der Waals surface area contributed by atoms with Crippen LogP contribution in [0.2, 0.25) is 0 Å². The van der Waals surface area contributed by atoms with Crippen molar-refractivity contribution in [2.45, 2.75) is 12.5 Å². The van der Waals surface area contributed by atoms with E-state index >= 15 is 0 Å². The minimum atomic E-state index is 0.